The normalized spacial score (nSPS) is 11.3. The maximum Gasteiger partial charge on any atom is 0.185 e. The van der Waals surface area contributed by atoms with Gasteiger partial charge in [-0.2, -0.15) is 0 Å². The zero-order valence-electron chi connectivity index (χ0n) is 16.9. The van der Waals surface area contributed by atoms with Crippen molar-refractivity contribution in [1.29, 1.82) is 0 Å². The number of hydrogen-bond donors (Lipinski definition) is 0. The van der Waals surface area contributed by atoms with Gasteiger partial charge in [-0.1, -0.05) is 48.5 Å². The van der Waals surface area contributed by atoms with Crippen molar-refractivity contribution in [1.82, 2.24) is 9.97 Å². The fraction of sp³-hybridized carbons (Fsp3) is 0.115. The SMILES string of the molecule is CC(C)Oc1ccc(-c2ccc(C(=O)/C=C/c3ccc4nccnc4c3)cc2)cc1. The Morgan fingerprint density at radius 1 is 0.833 bits per heavy atom. The highest BCUT2D eigenvalue weighted by molar-refractivity contribution is 6.07. The fourth-order valence-corrected chi connectivity index (χ4v) is 3.18. The second-order valence-corrected chi connectivity index (χ2v) is 7.27. The minimum atomic E-state index is -0.0403. The highest BCUT2D eigenvalue weighted by atomic mass is 16.5. The molecule has 0 fully saturated rings. The molecule has 0 atom stereocenters. The van der Waals surface area contributed by atoms with Crippen molar-refractivity contribution in [3.05, 3.63) is 96.3 Å². The fourth-order valence-electron chi connectivity index (χ4n) is 3.18. The summed E-state index contributed by atoms with van der Waals surface area (Å²) in [6.07, 6.45) is 6.87. The molecule has 1 heterocycles. The van der Waals surface area contributed by atoms with Crippen molar-refractivity contribution in [3.63, 3.8) is 0 Å². The van der Waals surface area contributed by atoms with E-state index < -0.39 is 0 Å². The minimum Gasteiger partial charge on any atom is -0.491 e. The summed E-state index contributed by atoms with van der Waals surface area (Å²) in [5.74, 6) is 0.812. The summed E-state index contributed by atoms with van der Waals surface area (Å²) in [4.78, 5) is 21.1. The molecule has 30 heavy (non-hydrogen) atoms. The van der Waals surface area contributed by atoms with E-state index in [-0.39, 0.29) is 11.9 Å². The first kappa shape index (κ1) is 19.5. The molecule has 0 amide bonds. The summed E-state index contributed by atoms with van der Waals surface area (Å²) < 4.78 is 5.68. The first-order chi connectivity index (χ1) is 14.6. The van der Waals surface area contributed by atoms with Crippen LogP contribution in [0, 0.1) is 0 Å². The molecule has 0 aliphatic rings. The second-order valence-electron chi connectivity index (χ2n) is 7.27. The van der Waals surface area contributed by atoms with Crippen LogP contribution in [0.4, 0.5) is 0 Å². The molecule has 0 unspecified atom stereocenters. The highest BCUT2D eigenvalue weighted by Gasteiger charge is 2.05. The van der Waals surface area contributed by atoms with Gasteiger partial charge in [-0.25, -0.2) is 0 Å². The lowest BCUT2D eigenvalue weighted by atomic mass is 10.0. The van der Waals surface area contributed by atoms with E-state index in [1.165, 1.54) is 0 Å². The van der Waals surface area contributed by atoms with Crippen molar-refractivity contribution < 1.29 is 9.53 Å². The topological polar surface area (TPSA) is 52.1 Å². The monoisotopic (exact) mass is 394 g/mol. The van der Waals surface area contributed by atoms with Crippen molar-refractivity contribution in [2.24, 2.45) is 0 Å². The Kier molecular flexibility index (Phi) is 5.66. The van der Waals surface area contributed by atoms with Crippen LogP contribution in [0.3, 0.4) is 0 Å². The number of aromatic nitrogens is 2. The Bertz CT molecular complexity index is 1190. The molecule has 4 nitrogen and oxygen atoms in total. The lowest BCUT2D eigenvalue weighted by Crippen LogP contribution is -2.05. The third-order valence-electron chi connectivity index (χ3n) is 4.65. The van der Waals surface area contributed by atoms with E-state index in [1.807, 2.05) is 80.6 Å². The molecule has 3 aromatic carbocycles. The molecule has 0 radical (unpaired) electrons. The molecule has 0 saturated heterocycles. The van der Waals surface area contributed by atoms with E-state index in [0.29, 0.717) is 5.56 Å². The van der Waals surface area contributed by atoms with Crippen LogP contribution in [0.1, 0.15) is 29.8 Å². The maximum atomic E-state index is 12.5. The summed E-state index contributed by atoms with van der Waals surface area (Å²) in [5.41, 5.74) is 5.34. The molecule has 0 N–H and O–H groups in total. The number of allylic oxidation sites excluding steroid dienone is 1. The van der Waals surface area contributed by atoms with Crippen LogP contribution in [0.2, 0.25) is 0 Å². The number of fused-ring (bicyclic) bond motifs is 1. The van der Waals surface area contributed by atoms with Gasteiger partial charge in [0.25, 0.3) is 0 Å². The first-order valence-electron chi connectivity index (χ1n) is 9.89. The summed E-state index contributed by atoms with van der Waals surface area (Å²) in [7, 11) is 0. The summed E-state index contributed by atoms with van der Waals surface area (Å²) >= 11 is 0. The predicted octanol–water partition coefficient (Wildman–Crippen LogP) is 5.98. The third-order valence-corrected chi connectivity index (χ3v) is 4.65. The van der Waals surface area contributed by atoms with Crippen LogP contribution >= 0.6 is 0 Å². The molecule has 4 aromatic rings. The van der Waals surface area contributed by atoms with Gasteiger partial charge in [-0.15, -0.1) is 0 Å². The molecular formula is C26H22N2O2. The standard InChI is InChI=1S/C26H22N2O2/c1-18(2)30-23-11-9-21(10-12-23)20-5-7-22(8-6-20)26(29)14-4-19-3-13-24-25(17-19)28-16-15-27-24/h3-18H,1-2H3/b14-4+. The number of ether oxygens (including phenoxy) is 1. The van der Waals surface area contributed by atoms with Gasteiger partial charge in [0.2, 0.25) is 0 Å². The zero-order chi connectivity index (χ0) is 20.9. The smallest absolute Gasteiger partial charge is 0.185 e. The quantitative estimate of drug-likeness (QED) is 0.298. The Labute approximate surface area is 175 Å². The second kappa shape index (κ2) is 8.70. The third kappa shape index (κ3) is 4.61. The van der Waals surface area contributed by atoms with Crippen molar-refractivity contribution in [2.45, 2.75) is 20.0 Å². The van der Waals surface area contributed by atoms with Gasteiger partial charge in [0.1, 0.15) is 5.75 Å². The average molecular weight is 394 g/mol. The number of benzene rings is 3. The number of carbonyl (C=O) groups is 1. The van der Waals surface area contributed by atoms with Crippen molar-refractivity contribution in [2.75, 3.05) is 0 Å². The molecule has 0 saturated carbocycles. The lowest BCUT2D eigenvalue weighted by molar-refractivity contribution is 0.104. The highest BCUT2D eigenvalue weighted by Crippen LogP contribution is 2.23. The van der Waals surface area contributed by atoms with E-state index in [0.717, 1.165) is 33.5 Å². The van der Waals surface area contributed by atoms with Gasteiger partial charge in [-0.05, 0) is 60.9 Å². The predicted molar refractivity (Wildman–Crippen MR) is 121 cm³/mol. The lowest BCUT2D eigenvalue weighted by Gasteiger charge is -2.10. The molecule has 148 valence electrons. The van der Waals surface area contributed by atoms with E-state index in [2.05, 4.69) is 9.97 Å². The van der Waals surface area contributed by atoms with E-state index in [4.69, 9.17) is 4.74 Å². The molecule has 0 aliphatic carbocycles. The van der Waals surface area contributed by atoms with Crippen LogP contribution in [-0.4, -0.2) is 21.9 Å². The summed E-state index contributed by atoms with van der Waals surface area (Å²) in [6.45, 7) is 4.01. The van der Waals surface area contributed by atoms with E-state index >= 15 is 0 Å². The Balaban J connectivity index is 1.46. The Morgan fingerprint density at radius 2 is 1.47 bits per heavy atom. The number of nitrogens with zero attached hydrogens (tertiary/aromatic N) is 2. The van der Waals surface area contributed by atoms with Crippen LogP contribution in [-0.2, 0) is 0 Å². The van der Waals surface area contributed by atoms with E-state index in [9.17, 15) is 4.79 Å². The molecule has 1 aromatic heterocycles. The van der Waals surface area contributed by atoms with Gasteiger partial charge in [0.15, 0.2) is 5.78 Å². The maximum absolute atomic E-state index is 12.5. The summed E-state index contributed by atoms with van der Waals surface area (Å²) in [5, 5.41) is 0. The van der Waals surface area contributed by atoms with Crippen LogP contribution < -0.4 is 4.74 Å². The Hall–Kier alpha value is -3.79. The van der Waals surface area contributed by atoms with E-state index in [1.54, 1.807) is 24.5 Å². The number of rotatable bonds is 6. The van der Waals surface area contributed by atoms with Gasteiger partial charge in [0.05, 0.1) is 17.1 Å². The molecule has 0 aliphatic heterocycles. The van der Waals surface area contributed by atoms with Gasteiger partial charge >= 0.3 is 0 Å². The van der Waals surface area contributed by atoms with Gasteiger partial charge in [0, 0.05) is 18.0 Å². The average Bonchev–Trinajstić information content (AvgIpc) is 2.77. The first-order valence-corrected chi connectivity index (χ1v) is 9.89. The van der Waals surface area contributed by atoms with Gasteiger partial charge < -0.3 is 4.74 Å². The molecule has 0 bridgehead atoms. The summed E-state index contributed by atoms with van der Waals surface area (Å²) in [6, 6.07) is 21.4. The molecular weight excluding hydrogens is 372 g/mol. The number of hydrogen-bond acceptors (Lipinski definition) is 4. The zero-order valence-corrected chi connectivity index (χ0v) is 16.9. The van der Waals surface area contributed by atoms with Crippen LogP contribution in [0.15, 0.2) is 85.2 Å². The number of ketones is 1. The van der Waals surface area contributed by atoms with Crippen LogP contribution in [0.5, 0.6) is 5.75 Å². The van der Waals surface area contributed by atoms with Crippen molar-refractivity contribution >= 4 is 22.9 Å². The minimum absolute atomic E-state index is 0.0403. The van der Waals surface area contributed by atoms with Gasteiger partial charge in [-0.3, -0.25) is 14.8 Å². The Morgan fingerprint density at radius 3 is 2.13 bits per heavy atom. The van der Waals surface area contributed by atoms with Crippen molar-refractivity contribution in [3.8, 4) is 16.9 Å². The molecule has 0 spiro atoms. The molecule has 4 rings (SSSR count). The largest absolute Gasteiger partial charge is 0.491 e. The van der Waals surface area contributed by atoms with Crippen LogP contribution in [0.25, 0.3) is 28.2 Å². The number of carbonyl (C=O) groups excluding carboxylic acids is 1. The molecule has 4 heteroatoms.